The van der Waals surface area contributed by atoms with Gasteiger partial charge < -0.3 is 15.3 Å². The number of nitrogens with zero attached hydrogens (tertiary/aromatic N) is 1. The monoisotopic (exact) mass is 208 g/mol. The smallest absolute Gasteiger partial charge is 0.374 e. The molecule has 0 aliphatic carbocycles. The number of furan rings is 1. The summed E-state index contributed by atoms with van der Waals surface area (Å²) in [7, 11) is 0. The maximum absolute atomic E-state index is 10.7. The second-order valence-electron chi connectivity index (χ2n) is 4.22. The Morgan fingerprint density at radius 3 is 2.33 bits per heavy atom. The first-order chi connectivity index (χ1) is 6.79. The molecule has 1 heterocycles. The summed E-state index contributed by atoms with van der Waals surface area (Å²) in [5, 5.41) is 17.7. The van der Waals surface area contributed by atoms with E-state index in [-0.39, 0.29) is 17.0 Å². The summed E-state index contributed by atoms with van der Waals surface area (Å²) in [4.78, 5) is 10.7. The van der Waals surface area contributed by atoms with Gasteiger partial charge >= 0.3 is 5.97 Å². The van der Waals surface area contributed by atoms with E-state index in [9.17, 15) is 4.79 Å². The minimum Gasteiger partial charge on any atom is -0.475 e. The van der Waals surface area contributed by atoms with Crippen LogP contribution in [0, 0.1) is 11.3 Å². The van der Waals surface area contributed by atoms with Crippen molar-refractivity contribution in [2.45, 2.75) is 26.2 Å². The first-order valence-corrected chi connectivity index (χ1v) is 4.35. The van der Waals surface area contributed by atoms with Crippen molar-refractivity contribution in [1.29, 1.82) is 5.26 Å². The molecule has 0 aliphatic heterocycles. The highest BCUT2D eigenvalue weighted by molar-refractivity contribution is 5.92. The molecule has 5 heteroatoms. The third kappa shape index (κ3) is 1.79. The van der Waals surface area contributed by atoms with E-state index in [1.165, 1.54) is 0 Å². The van der Waals surface area contributed by atoms with Gasteiger partial charge in [0.2, 0.25) is 5.76 Å². The molecule has 80 valence electrons. The quantitative estimate of drug-likeness (QED) is 0.731. The summed E-state index contributed by atoms with van der Waals surface area (Å²) in [6.07, 6.45) is 0. The van der Waals surface area contributed by atoms with Gasteiger partial charge in [0.15, 0.2) is 0 Å². The van der Waals surface area contributed by atoms with E-state index in [4.69, 9.17) is 20.5 Å². The minimum atomic E-state index is -1.26. The Bertz CT molecular complexity index is 446. The van der Waals surface area contributed by atoms with Gasteiger partial charge in [0.25, 0.3) is 0 Å². The molecule has 0 bridgehead atoms. The number of carboxylic acid groups (broad SMARTS) is 1. The molecular formula is C10H12N2O3. The predicted octanol–water partition coefficient (Wildman–Crippen LogP) is 1.73. The van der Waals surface area contributed by atoms with Gasteiger partial charge in [-0.15, -0.1) is 0 Å². The number of nitrogens with two attached hydrogens (primary N) is 1. The van der Waals surface area contributed by atoms with Gasteiger partial charge in [-0.3, -0.25) is 0 Å². The molecule has 1 aromatic rings. The summed E-state index contributed by atoms with van der Waals surface area (Å²) in [5.74, 6) is -1.32. The fourth-order valence-electron chi connectivity index (χ4n) is 1.24. The van der Waals surface area contributed by atoms with Crippen molar-refractivity contribution in [3.63, 3.8) is 0 Å². The number of hydrogen-bond acceptors (Lipinski definition) is 4. The molecule has 15 heavy (non-hydrogen) atoms. The molecule has 0 aliphatic rings. The van der Waals surface area contributed by atoms with Gasteiger partial charge in [-0.1, -0.05) is 20.8 Å². The summed E-state index contributed by atoms with van der Waals surface area (Å²) in [6, 6.07) is 1.86. The van der Waals surface area contributed by atoms with Gasteiger partial charge in [0.1, 0.15) is 23.1 Å². The van der Waals surface area contributed by atoms with Crippen LogP contribution in [0.1, 0.15) is 42.6 Å². The maximum atomic E-state index is 10.7. The molecule has 0 radical (unpaired) electrons. The molecule has 3 N–H and O–H groups in total. The number of anilines is 1. The molecule has 0 unspecified atom stereocenters. The van der Waals surface area contributed by atoms with Crippen LogP contribution in [0.4, 0.5) is 5.69 Å². The molecule has 1 aromatic heterocycles. The SMILES string of the molecule is CC(C)(C)c1oc(C(=O)O)c(N)c1C#N. The van der Waals surface area contributed by atoms with E-state index >= 15 is 0 Å². The average molecular weight is 208 g/mol. The molecule has 1 rings (SSSR count). The number of hydrogen-bond donors (Lipinski definition) is 2. The minimum absolute atomic E-state index is 0.102. The Kier molecular flexibility index (Phi) is 2.46. The third-order valence-corrected chi connectivity index (χ3v) is 1.93. The van der Waals surface area contributed by atoms with Crippen LogP contribution in [0.15, 0.2) is 4.42 Å². The average Bonchev–Trinajstić information content (AvgIpc) is 2.41. The van der Waals surface area contributed by atoms with Crippen molar-refractivity contribution in [2.75, 3.05) is 5.73 Å². The van der Waals surface area contributed by atoms with Crippen LogP contribution < -0.4 is 5.73 Å². The molecule has 0 saturated heterocycles. The molecular weight excluding hydrogens is 196 g/mol. The van der Waals surface area contributed by atoms with Crippen molar-refractivity contribution in [2.24, 2.45) is 0 Å². The lowest BCUT2D eigenvalue weighted by Crippen LogP contribution is -2.11. The van der Waals surface area contributed by atoms with Crippen molar-refractivity contribution < 1.29 is 14.3 Å². The second kappa shape index (κ2) is 3.31. The van der Waals surface area contributed by atoms with Crippen LogP contribution in [0.2, 0.25) is 0 Å². The predicted molar refractivity (Wildman–Crippen MR) is 53.5 cm³/mol. The maximum Gasteiger partial charge on any atom is 0.374 e. The zero-order valence-corrected chi connectivity index (χ0v) is 8.79. The summed E-state index contributed by atoms with van der Waals surface area (Å²) < 4.78 is 5.12. The first kappa shape index (κ1) is 11.1. The summed E-state index contributed by atoms with van der Waals surface area (Å²) in [6.45, 7) is 5.45. The molecule has 0 amide bonds. The zero-order chi connectivity index (χ0) is 11.8. The Labute approximate surface area is 87.1 Å². The van der Waals surface area contributed by atoms with Gasteiger partial charge in [-0.25, -0.2) is 4.79 Å². The molecule has 0 spiro atoms. The molecule has 0 aromatic carbocycles. The van der Waals surface area contributed by atoms with Crippen molar-refractivity contribution >= 4 is 11.7 Å². The number of nitrogen functional groups attached to an aromatic ring is 1. The van der Waals surface area contributed by atoms with Crippen LogP contribution >= 0.6 is 0 Å². The molecule has 5 nitrogen and oxygen atoms in total. The Balaban J connectivity index is 3.50. The van der Waals surface area contributed by atoms with Crippen LogP contribution in [0.3, 0.4) is 0 Å². The van der Waals surface area contributed by atoms with Gasteiger partial charge in [-0.05, 0) is 0 Å². The Morgan fingerprint density at radius 1 is 1.53 bits per heavy atom. The van der Waals surface area contributed by atoms with E-state index in [0.29, 0.717) is 5.76 Å². The lowest BCUT2D eigenvalue weighted by molar-refractivity contribution is 0.0660. The summed E-state index contributed by atoms with van der Waals surface area (Å²) in [5.41, 5.74) is 5.07. The molecule has 0 atom stereocenters. The molecule has 0 fully saturated rings. The lowest BCUT2D eigenvalue weighted by Gasteiger charge is -2.14. The zero-order valence-electron chi connectivity index (χ0n) is 8.79. The standard InChI is InChI=1S/C10H12N2O3/c1-10(2,3)8-5(4-11)6(12)7(15-8)9(13)14/h12H2,1-3H3,(H,13,14). The summed E-state index contributed by atoms with van der Waals surface area (Å²) >= 11 is 0. The number of rotatable bonds is 1. The number of aromatic carboxylic acids is 1. The van der Waals surface area contributed by atoms with Crippen LogP contribution in [-0.4, -0.2) is 11.1 Å². The molecule has 0 saturated carbocycles. The highest BCUT2D eigenvalue weighted by atomic mass is 16.4. The van der Waals surface area contributed by atoms with E-state index in [0.717, 1.165) is 0 Å². The van der Waals surface area contributed by atoms with E-state index in [1.54, 1.807) is 0 Å². The van der Waals surface area contributed by atoms with Crippen LogP contribution in [-0.2, 0) is 5.41 Å². The topological polar surface area (TPSA) is 100 Å². The fourth-order valence-corrected chi connectivity index (χ4v) is 1.24. The fraction of sp³-hybridized carbons (Fsp3) is 0.400. The number of carbonyl (C=O) groups is 1. The second-order valence-corrected chi connectivity index (χ2v) is 4.22. The number of carboxylic acids is 1. The van der Waals surface area contributed by atoms with Crippen LogP contribution in [0.25, 0.3) is 0 Å². The highest BCUT2D eigenvalue weighted by Gasteiger charge is 2.29. The normalized spacial score (nSPS) is 11.1. The van der Waals surface area contributed by atoms with Crippen molar-refractivity contribution in [3.05, 3.63) is 17.1 Å². The van der Waals surface area contributed by atoms with Gasteiger partial charge in [-0.2, -0.15) is 5.26 Å². The Hall–Kier alpha value is -1.96. The van der Waals surface area contributed by atoms with E-state index < -0.39 is 11.4 Å². The Morgan fingerprint density at radius 2 is 2.07 bits per heavy atom. The van der Waals surface area contributed by atoms with Crippen molar-refractivity contribution in [1.82, 2.24) is 0 Å². The van der Waals surface area contributed by atoms with E-state index in [1.807, 2.05) is 26.8 Å². The number of nitriles is 1. The van der Waals surface area contributed by atoms with Gasteiger partial charge in [0.05, 0.1) is 0 Å². The highest BCUT2D eigenvalue weighted by Crippen LogP contribution is 2.33. The largest absolute Gasteiger partial charge is 0.475 e. The van der Waals surface area contributed by atoms with Gasteiger partial charge in [0, 0.05) is 5.41 Å². The third-order valence-electron chi connectivity index (χ3n) is 1.93. The van der Waals surface area contributed by atoms with E-state index in [2.05, 4.69) is 0 Å². The van der Waals surface area contributed by atoms with Crippen LogP contribution in [0.5, 0.6) is 0 Å². The van der Waals surface area contributed by atoms with Crippen molar-refractivity contribution in [3.8, 4) is 6.07 Å². The lowest BCUT2D eigenvalue weighted by atomic mass is 9.90. The first-order valence-electron chi connectivity index (χ1n) is 4.35.